The normalized spacial score (nSPS) is 10.3. The van der Waals surface area contributed by atoms with Crippen molar-refractivity contribution in [2.24, 2.45) is 0 Å². The van der Waals surface area contributed by atoms with E-state index in [9.17, 15) is 5.26 Å². The van der Waals surface area contributed by atoms with Gasteiger partial charge in [0.05, 0.1) is 11.3 Å². The molecule has 2 aromatic carbocycles. The molecule has 0 spiro atoms. The van der Waals surface area contributed by atoms with Crippen LogP contribution < -0.4 is 5.73 Å². The second kappa shape index (κ2) is 5.14. The maximum absolute atomic E-state index is 9.34. The summed E-state index contributed by atoms with van der Waals surface area (Å²) in [4.78, 5) is 4.40. The van der Waals surface area contributed by atoms with Crippen molar-refractivity contribution in [3.05, 3.63) is 66.0 Å². The van der Waals surface area contributed by atoms with Gasteiger partial charge >= 0.3 is 0 Å². The number of hydrogen-bond donors (Lipinski definition) is 1. The highest BCUT2D eigenvalue weighted by Crippen LogP contribution is 2.25. The predicted molar refractivity (Wildman–Crippen MR) is 82.9 cm³/mol. The zero-order chi connectivity index (χ0) is 14.8. The van der Waals surface area contributed by atoms with Gasteiger partial charge in [0.15, 0.2) is 0 Å². The average molecular weight is 274 g/mol. The van der Waals surface area contributed by atoms with Gasteiger partial charge in [0.1, 0.15) is 11.9 Å². The minimum Gasteiger partial charge on any atom is -0.399 e. The number of hydrogen-bond acceptors (Lipinski definition) is 3. The topological polar surface area (TPSA) is 67.6 Å². The molecule has 1 heterocycles. The Hall–Kier alpha value is -3.06. The highest BCUT2D eigenvalue weighted by Gasteiger charge is 2.11. The van der Waals surface area contributed by atoms with E-state index < -0.39 is 0 Å². The fourth-order valence-electron chi connectivity index (χ4n) is 2.34. The van der Waals surface area contributed by atoms with Crippen LogP contribution in [-0.4, -0.2) is 9.55 Å². The Morgan fingerprint density at radius 3 is 2.81 bits per heavy atom. The highest BCUT2D eigenvalue weighted by molar-refractivity contribution is 5.65. The standard InChI is InChI=1S/C17H14N4/c1-12-5-6-16(14(9-12)11-18)21-8-7-20-17(21)13-3-2-4-15(19)10-13/h2-10H,19H2,1H3. The molecule has 4 heteroatoms. The first-order valence-electron chi connectivity index (χ1n) is 6.59. The molecule has 0 aliphatic carbocycles. The summed E-state index contributed by atoms with van der Waals surface area (Å²) in [5.74, 6) is 0.766. The molecule has 0 aliphatic rings. The van der Waals surface area contributed by atoms with Gasteiger partial charge in [0.2, 0.25) is 0 Å². The average Bonchev–Trinajstić information content (AvgIpc) is 2.96. The summed E-state index contributed by atoms with van der Waals surface area (Å²) < 4.78 is 1.91. The van der Waals surface area contributed by atoms with Crippen LogP contribution in [0.1, 0.15) is 11.1 Å². The van der Waals surface area contributed by atoms with Crippen molar-refractivity contribution in [2.75, 3.05) is 5.73 Å². The van der Waals surface area contributed by atoms with E-state index in [0.717, 1.165) is 22.6 Å². The lowest BCUT2D eigenvalue weighted by Crippen LogP contribution is -2.00. The Balaban J connectivity index is 2.19. The van der Waals surface area contributed by atoms with Crippen molar-refractivity contribution in [3.8, 4) is 23.1 Å². The van der Waals surface area contributed by atoms with E-state index in [1.165, 1.54) is 0 Å². The molecule has 2 N–H and O–H groups in total. The highest BCUT2D eigenvalue weighted by atomic mass is 15.1. The third kappa shape index (κ3) is 2.37. The van der Waals surface area contributed by atoms with E-state index in [-0.39, 0.29) is 0 Å². The van der Waals surface area contributed by atoms with Gasteiger partial charge in [-0.25, -0.2) is 4.98 Å². The number of nitrogens with zero attached hydrogens (tertiary/aromatic N) is 3. The summed E-state index contributed by atoms with van der Waals surface area (Å²) >= 11 is 0. The number of anilines is 1. The molecule has 1 aromatic heterocycles. The first kappa shape index (κ1) is 12.9. The van der Waals surface area contributed by atoms with Gasteiger partial charge in [-0.3, -0.25) is 4.57 Å². The molecule has 0 fully saturated rings. The van der Waals surface area contributed by atoms with E-state index in [1.54, 1.807) is 6.20 Å². The van der Waals surface area contributed by atoms with E-state index in [2.05, 4.69) is 11.1 Å². The fourth-order valence-corrected chi connectivity index (χ4v) is 2.34. The molecule has 4 nitrogen and oxygen atoms in total. The smallest absolute Gasteiger partial charge is 0.144 e. The largest absolute Gasteiger partial charge is 0.399 e. The summed E-state index contributed by atoms with van der Waals surface area (Å²) in [5.41, 5.74) is 9.94. The number of nitriles is 1. The molecule has 102 valence electrons. The van der Waals surface area contributed by atoms with Gasteiger partial charge in [0.25, 0.3) is 0 Å². The number of nitrogen functional groups attached to an aromatic ring is 1. The lowest BCUT2D eigenvalue weighted by atomic mass is 10.1. The molecule has 3 aromatic rings. The summed E-state index contributed by atoms with van der Waals surface area (Å²) in [6.07, 6.45) is 3.57. The summed E-state index contributed by atoms with van der Waals surface area (Å²) in [5, 5.41) is 9.34. The Kier molecular flexibility index (Phi) is 3.17. The number of rotatable bonds is 2. The minimum absolute atomic E-state index is 0.623. The van der Waals surface area contributed by atoms with E-state index in [4.69, 9.17) is 5.73 Å². The Bertz CT molecular complexity index is 840. The molecule has 0 atom stereocenters. The third-order valence-electron chi connectivity index (χ3n) is 3.32. The molecule has 0 unspecified atom stereocenters. The molecule has 3 rings (SSSR count). The second-order valence-electron chi connectivity index (χ2n) is 4.88. The maximum atomic E-state index is 9.34. The summed E-state index contributed by atoms with van der Waals surface area (Å²) in [6, 6.07) is 15.6. The monoisotopic (exact) mass is 274 g/mol. The second-order valence-corrected chi connectivity index (χ2v) is 4.88. The molecule has 0 amide bonds. The number of imidazole rings is 1. The summed E-state index contributed by atoms with van der Waals surface area (Å²) in [7, 11) is 0. The number of aryl methyl sites for hydroxylation is 1. The zero-order valence-corrected chi connectivity index (χ0v) is 11.6. The predicted octanol–water partition coefficient (Wildman–Crippen LogP) is 3.30. The quantitative estimate of drug-likeness (QED) is 0.729. The number of nitrogens with two attached hydrogens (primary N) is 1. The molecule has 21 heavy (non-hydrogen) atoms. The van der Waals surface area contributed by atoms with Crippen molar-refractivity contribution in [1.82, 2.24) is 9.55 Å². The molecule has 0 bridgehead atoms. The molecule has 0 aliphatic heterocycles. The van der Waals surface area contributed by atoms with Crippen molar-refractivity contribution < 1.29 is 0 Å². The van der Waals surface area contributed by atoms with Gasteiger partial charge in [-0.15, -0.1) is 0 Å². The summed E-state index contributed by atoms with van der Waals surface area (Å²) in [6.45, 7) is 1.97. The lowest BCUT2D eigenvalue weighted by molar-refractivity contribution is 1.06. The Labute approximate surface area is 123 Å². The SMILES string of the molecule is Cc1ccc(-n2ccnc2-c2cccc(N)c2)c(C#N)c1. The van der Waals surface area contributed by atoms with Crippen LogP contribution in [0, 0.1) is 18.3 Å². The number of aromatic nitrogens is 2. The first-order chi connectivity index (χ1) is 10.2. The van der Waals surface area contributed by atoms with Crippen LogP contribution in [0.25, 0.3) is 17.1 Å². The van der Waals surface area contributed by atoms with Crippen molar-refractivity contribution in [2.45, 2.75) is 6.92 Å². The van der Waals surface area contributed by atoms with Crippen molar-refractivity contribution >= 4 is 5.69 Å². The van der Waals surface area contributed by atoms with Crippen LogP contribution in [-0.2, 0) is 0 Å². The van der Waals surface area contributed by atoms with E-state index in [0.29, 0.717) is 11.3 Å². The van der Waals surface area contributed by atoms with Crippen LogP contribution in [0.2, 0.25) is 0 Å². The zero-order valence-electron chi connectivity index (χ0n) is 11.6. The van der Waals surface area contributed by atoms with Crippen molar-refractivity contribution in [3.63, 3.8) is 0 Å². The third-order valence-corrected chi connectivity index (χ3v) is 3.32. The Morgan fingerprint density at radius 1 is 1.19 bits per heavy atom. The van der Waals surface area contributed by atoms with Crippen LogP contribution in [0.3, 0.4) is 0 Å². The molecule has 0 saturated carbocycles. The van der Waals surface area contributed by atoms with E-state index >= 15 is 0 Å². The van der Waals surface area contributed by atoms with E-state index in [1.807, 2.05) is 60.2 Å². The van der Waals surface area contributed by atoms with Gasteiger partial charge in [0, 0.05) is 23.6 Å². The van der Waals surface area contributed by atoms with Crippen LogP contribution in [0.5, 0.6) is 0 Å². The van der Waals surface area contributed by atoms with Gasteiger partial charge in [-0.05, 0) is 36.8 Å². The molecular formula is C17H14N4. The lowest BCUT2D eigenvalue weighted by Gasteiger charge is -2.10. The van der Waals surface area contributed by atoms with Crippen LogP contribution >= 0.6 is 0 Å². The van der Waals surface area contributed by atoms with Gasteiger partial charge < -0.3 is 5.73 Å². The van der Waals surface area contributed by atoms with Crippen LogP contribution in [0.15, 0.2) is 54.9 Å². The number of benzene rings is 2. The minimum atomic E-state index is 0.623. The van der Waals surface area contributed by atoms with Crippen LogP contribution in [0.4, 0.5) is 5.69 Å². The van der Waals surface area contributed by atoms with Gasteiger partial charge in [-0.2, -0.15) is 5.26 Å². The first-order valence-corrected chi connectivity index (χ1v) is 6.59. The van der Waals surface area contributed by atoms with Crippen molar-refractivity contribution in [1.29, 1.82) is 5.26 Å². The fraction of sp³-hybridized carbons (Fsp3) is 0.0588. The van der Waals surface area contributed by atoms with Gasteiger partial charge in [-0.1, -0.05) is 18.2 Å². The maximum Gasteiger partial charge on any atom is 0.144 e. The molecular weight excluding hydrogens is 260 g/mol. The molecule has 0 radical (unpaired) electrons. The molecule has 0 saturated heterocycles. The Morgan fingerprint density at radius 2 is 2.05 bits per heavy atom.